The lowest BCUT2D eigenvalue weighted by Crippen LogP contribution is -2.67. The minimum Gasteiger partial charge on any atom is -0.463 e. The Balaban J connectivity index is 1.06. The molecular formula is C55H78O22. The van der Waals surface area contributed by atoms with Gasteiger partial charge in [0.2, 0.25) is 5.79 Å². The Labute approximate surface area is 449 Å². The molecule has 0 N–H and O–H groups in total. The first-order valence-electron chi connectivity index (χ1n) is 27.1. The fourth-order valence-corrected chi connectivity index (χ4v) is 15.1. The van der Waals surface area contributed by atoms with E-state index in [-0.39, 0.29) is 41.3 Å². The summed E-state index contributed by atoms with van der Waals surface area (Å²) in [6.07, 6.45) is -8.86. The second-order valence-electron chi connectivity index (χ2n) is 23.2. The molecule has 430 valence electrons. The summed E-state index contributed by atoms with van der Waals surface area (Å²) in [6, 6.07) is 0. The summed E-state index contributed by atoms with van der Waals surface area (Å²) in [6.45, 7) is 19.7. The standard InChI is InChI=1S/C55H78O22/c1-24-22-65-55(50(73-34(11)63)43(24)67-28(5)57)25(2)42-40(77-55)21-39-37-15-14-35-20-36(16-18-53(35,12)38(37)17-19-54(39,42)13)74-52-49(47(71-32(9)61)45(69-30(7)59)41(75-52)23-64-27(4)56)76-51-48(72-33(10)62)46(70-31(8)60)44(26(3)66-51)68-29(6)58/h14,24-26,36-52H,15-23H2,1-13H3/t24-,25-,26-,36-,37+,38-,39-,40-,41+,42-,43+,44-,45+,46+,47-,48+,49+,50-,51-,52+,53-,54-,55-/m0/s1. The van der Waals surface area contributed by atoms with Crippen molar-refractivity contribution in [3.63, 3.8) is 0 Å². The van der Waals surface area contributed by atoms with Crippen LogP contribution < -0.4 is 0 Å². The average molecular weight is 1090 g/mol. The number of carbonyl (C=O) groups is 8. The van der Waals surface area contributed by atoms with E-state index >= 15 is 0 Å². The Hall–Kier alpha value is -4.74. The third-order valence-electron chi connectivity index (χ3n) is 18.0. The maximum Gasteiger partial charge on any atom is 0.303 e. The van der Waals surface area contributed by atoms with Crippen LogP contribution in [0.15, 0.2) is 11.6 Å². The summed E-state index contributed by atoms with van der Waals surface area (Å²) in [4.78, 5) is 101. The largest absolute Gasteiger partial charge is 0.463 e. The molecule has 0 aromatic heterocycles. The van der Waals surface area contributed by atoms with E-state index in [1.54, 1.807) is 0 Å². The molecule has 77 heavy (non-hydrogen) atoms. The molecule has 0 unspecified atom stereocenters. The molecule has 0 aromatic rings. The monoisotopic (exact) mass is 1090 g/mol. The van der Waals surface area contributed by atoms with E-state index in [2.05, 4.69) is 26.8 Å². The van der Waals surface area contributed by atoms with E-state index in [9.17, 15) is 38.4 Å². The van der Waals surface area contributed by atoms with E-state index in [1.165, 1.54) is 33.3 Å². The predicted molar refractivity (Wildman–Crippen MR) is 261 cm³/mol. The second kappa shape index (κ2) is 22.8. The van der Waals surface area contributed by atoms with Gasteiger partial charge in [-0.15, -0.1) is 0 Å². The number of carbonyl (C=O) groups excluding carboxylic acids is 8. The lowest BCUT2D eigenvalue weighted by molar-refractivity contribution is -0.370. The Morgan fingerprint density at radius 1 is 0.597 bits per heavy atom. The molecule has 23 atom stereocenters. The molecule has 7 fully saturated rings. The van der Waals surface area contributed by atoms with Crippen molar-refractivity contribution >= 4 is 47.8 Å². The highest BCUT2D eigenvalue weighted by molar-refractivity contribution is 5.70. The van der Waals surface area contributed by atoms with Crippen LogP contribution in [0.1, 0.15) is 135 Å². The molecule has 22 heteroatoms. The molecule has 4 aliphatic carbocycles. The van der Waals surface area contributed by atoms with Crippen molar-refractivity contribution in [3.05, 3.63) is 11.6 Å². The number of hydrogen-bond acceptors (Lipinski definition) is 22. The third kappa shape index (κ3) is 11.5. The van der Waals surface area contributed by atoms with Gasteiger partial charge in [-0.2, -0.15) is 0 Å². The molecule has 8 aliphatic rings. The van der Waals surface area contributed by atoms with Crippen molar-refractivity contribution in [1.29, 1.82) is 0 Å². The van der Waals surface area contributed by atoms with Gasteiger partial charge in [0.25, 0.3) is 0 Å². The zero-order valence-electron chi connectivity index (χ0n) is 46.5. The van der Waals surface area contributed by atoms with Crippen LogP contribution in [0.5, 0.6) is 0 Å². The first-order valence-corrected chi connectivity index (χ1v) is 27.1. The van der Waals surface area contributed by atoms with Gasteiger partial charge < -0.3 is 66.3 Å². The highest BCUT2D eigenvalue weighted by atomic mass is 16.8. The number of esters is 8. The number of hydrogen-bond donors (Lipinski definition) is 0. The van der Waals surface area contributed by atoms with Crippen molar-refractivity contribution in [2.45, 2.75) is 227 Å². The molecule has 4 saturated heterocycles. The van der Waals surface area contributed by atoms with Crippen molar-refractivity contribution < 1.29 is 105 Å². The lowest BCUT2D eigenvalue weighted by Gasteiger charge is -2.59. The summed E-state index contributed by atoms with van der Waals surface area (Å²) < 4.78 is 85.8. The van der Waals surface area contributed by atoms with Crippen LogP contribution in [0.25, 0.3) is 0 Å². The van der Waals surface area contributed by atoms with E-state index in [4.69, 9.17) is 66.3 Å². The average Bonchev–Trinajstić information content (AvgIpc) is 4.06. The normalized spacial score (nSPS) is 43.8. The van der Waals surface area contributed by atoms with Gasteiger partial charge in [-0.3, -0.25) is 38.4 Å². The van der Waals surface area contributed by atoms with Crippen LogP contribution in [-0.2, 0) is 105 Å². The zero-order chi connectivity index (χ0) is 56.2. The zero-order valence-corrected chi connectivity index (χ0v) is 46.5. The lowest BCUT2D eigenvalue weighted by atomic mass is 9.47. The van der Waals surface area contributed by atoms with Crippen LogP contribution in [0.3, 0.4) is 0 Å². The number of rotatable bonds is 13. The van der Waals surface area contributed by atoms with Crippen molar-refractivity contribution in [3.8, 4) is 0 Å². The molecule has 0 bridgehead atoms. The minimum atomic E-state index is -1.63. The Morgan fingerprint density at radius 2 is 1.16 bits per heavy atom. The van der Waals surface area contributed by atoms with Gasteiger partial charge in [-0.05, 0) is 86.4 Å². The maximum atomic E-state index is 13.0. The van der Waals surface area contributed by atoms with Gasteiger partial charge in [0.15, 0.2) is 55.3 Å². The summed E-state index contributed by atoms with van der Waals surface area (Å²) in [7, 11) is 0. The van der Waals surface area contributed by atoms with Crippen LogP contribution in [0.2, 0.25) is 0 Å². The Kier molecular flexibility index (Phi) is 17.3. The fraction of sp³-hybridized carbons (Fsp3) is 0.818. The molecule has 4 heterocycles. The molecule has 0 radical (unpaired) electrons. The van der Waals surface area contributed by atoms with Crippen LogP contribution >= 0.6 is 0 Å². The molecule has 3 saturated carbocycles. The number of ether oxygens (including phenoxy) is 14. The van der Waals surface area contributed by atoms with Crippen molar-refractivity contribution in [1.82, 2.24) is 0 Å². The van der Waals surface area contributed by atoms with Gasteiger partial charge in [-0.25, -0.2) is 0 Å². The summed E-state index contributed by atoms with van der Waals surface area (Å²) in [5, 5.41) is 0. The van der Waals surface area contributed by atoms with Crippen molar-refractivity contribution in [2.24, 2.45) is 46.3 Å². The molecule has 4 aliphatic heterocycles. The van der Waals surface area contributed by atoms with E-state index < -0.39 is 140 Å². The van der Waals surface area contributed by atoms with Crippen LogP contribution in [0, 0.1) is 46.3 Å². The summed E-state index contributed by atoms with van der Waals surface area (Å²) in [5.74, 6) is -6.23. The highest BCUT2D eigenvalue weighted by Gasteiger charge is 2.73. The molecule has 22 nitrogen and oxygen atoms in total. The van der Waals surface area contributed by atoms with Crippen LogP contribution in [0.4, 0.5) is 0 Å². The number of allylic oxidation sites excluding steroid dienone is 1. The van der Waals surface area contributed by atoms with E-state index in [1.807, 2.05) is 6.92 Å². The molecule has 1 spiro atoms. The Morgan fingerprint density at radius 3 is 1.77 bits per heavy atom. The topological polar surface area (TPSA) is 266 Å². The number of fused-ring (bicyclic) bond motifs is 7. The van der Waals surface area contributed by atoms with Crippen molar-refractivity contribution in [2.75, 3.05) is 13.2 Å². The first kappa shape index (κ1) is 58.4. The highest BCUT2D eigenvalue weighted by Crippen LogP contribution is 2.71. The van der Waals surface area contributed by atoms with E-state index in [0.29, 0.717) is 30.6 Å². The fourth-order valence-electron chi connectivity index (χ4n) is 15.1. The summed E-state index contributed by atoms with van der Waals surface area (Å²) in [5.41, 5.74) is 0.892. The van der Waals surface area contributed by atoms with Gasteiger partial charge in [0.05, 0.1) is 24.9 Å². The second-order valence-corrected chi connectivity index (χ2v) is 23.2. The predicted octanol–water partition coefficient (Wildman–Crippen LogP) is 4.90. The Bertz CT molecular complexity index is 2320. The van der Waals surface area contributed by atoms with Gasteiger partial charge in [-0.1, -0.05) is 39.3 Å². The minimum absolute atomic E-state index is 0.0844. The van der Waals surface area contributed by atoms with Crippen LogP contribution in [-0.4, -0.2) is 153 Å². The molecular weight excluding hydrogens is 1010 g/mol. The van der Waals surface area contributed by atoms with Gasteiger partial charge >= 0.3 is 47.8 Å². The maximum absolute atomic E-state index is 13.0. The smallest absolute Gasteiger partial charge is 0.303 e. The van der Waals surface area contributed by atoms with Gasteiger partial charge in [0, 0.05) is 67.2 Å². The molecule has 0 aromatic carbocycles. The summed E-state index contributed by atoms with van der Waals surface area (Å²) >= 11 is 0. The molecule has 8 rings (SSSR count). The van der Waals surface area contributed by atoms with E-state index in [0.717, 1.165) is 66.7 Å². The molecule has 0 amide bonds. The third-order valence-corrected chi connectivity index (χ3v) is 18.0. The first-order chi connectivity index (χ1) is 36.2. The SMILES string of the molecule is CC(=O)OC[C@H]1O[C@@H](O[C@H]2CC[C@@]3(C)C(=CC[C@H]4[C@@H]5C[C@@H]6O[C@@]7(OC[C@H](C)[C@@H](OC(C)=O)[C@@H]7OC(C)=O)[C@@H](C)[C@@H]6[C@@]5(C)CC[C@@H]43)C2)[C@H](O[C@@H]2O[C@@H](C)[C@H](OC(C)=O)[C@@H](OC(C)=O)[C@H]2OC(C)=O)[C@@H](OC(C)=O)[C@@H]1OC(C)=O. The van der Waals surface area contributed by atoms with Gasteiger partial charge in [0.1, 0.15) is 18.8 Å². The quantitative estimate of drug-likeness (QED) is 0.135.